The number of aromatic carboxylic acids is 1. The number of hydrogen-bond donors (Lipinski definition) is 1. The van der Waals surface area contributed by atoms with Crippen molar-refractivity contribution in [1.82, 2.24) is 14.9 Å². The summed E-state index contributed by atoms with van der Waals surface area (Å²) < 4.78 is 13.1. The van der Waals surface area contributed by atoms with Crippen molar-refractivity contribution in [3.63, 3.8) is 0 Å². The van der Waals surface area contributed by atoms with Gasteiger partial charge < -0.3 is 14.9 Å². The number of hydrogen-bond acceptors (Lipinski definition) is 5. The molecule has 6 nitrogen and oxygen atoms in total. The summed E-state index contributed by atoms with van der Waals surface area (Å²) in [5, 5.41) is 9.43. The lowest BCUT2D eigenvalue weighted by Crippen LogP contribution is -2.47. The fourth-order valence-corrected chi connectivity index (χ4v) is 2.78. The van der Waals surface area contributed by atoms with Gasteiger partial charge in [0.2, 0.25) is 0 Å². The topological polar surface area (TPSA) is 69.6 Å². The number of benzene rings is 1. The lowest BCUT2D eigenvalue weighted by atomic mass is 10.2. The van der Waals surface area contributed by atoms with Gasteiger partial charge >= 0.3 is 5.97 Å². The molecule has 0 saturated carbocycles. The van der Waals surface area contributed by atoms with Gasteiger partial charge in [0.05, 0.1) is 0 Å². The van der Waals surface area contributed by atoms with E-state index in [1.165, 1.54) is 18.3 Å². The fourth-order valence-electron chi connectivity index (χ4n) is 2.78. The SMILES string of the molecule is CCN1CCN(c2nc(-c3ccc(F)cc3)ncc2C(=O)O)CC1. The van der Waals surface area contributed by atoms with E-state index in [2.05, 4.69) is 21.8 Å². The third-order valence-corrected chi connectivity index (χ3v) is 4.22. The zero-order valence-electron chi connectivity index (χ0n) is 13.4. The summed E-state index contributed by atoms with van der Waals surface area (Å²) in [7, 11) is 0. The Bertz CT molecular complexity index is 728. The van der Waals surface area contributed by atoms with Crippen molar-refractivity contribution < 1.29 is 14.3 Å². The molecular weight excluding hydrogens is 311 g/mol. The monoisotopic (exact) mass is 330 g/mol. The molecule has 0 amide bonds. The minimum Gasteiger partial charge on any atom is -0.477 e. The number of piperazine rings is 1. The fraction of sp³-hybridized carbons (Fsp3) is 0.353. The average Bonchev–Trinajstić information content (AvgIpc) is 2.62. The van der Waals surface area contributed by atoms with E-state index in [-0.39, 0.29) is 11.4 Å². The van der Waals surface area contributed by atoms with Gasteiger partial charge in [-0.1, -0.05) is 6.92 Å². The molecule has 1 saturated heterocycles. The molecule has 24 heavy (non-hydrogen) atoms. The van der Waals surface area contributed by atoms with Crippen LogP contribution < -0.4 is 4.90 Å². The molecule has 1 aromatic carbocycles. The summed E-state index contributed by atoms with van der Waals surface area (Å²) in [5.41, 5.74) is 0.743. The normalized spacial score (nSPS) is 15.5. The molecule has 1 aliphatic rings. The standard InChI is InChI=1S/C17H19FN4O2/c1-2-21-7-9-22(10-8-21)16-14(17(23)24)11-19-15(20-16)12-3-5-13(18)6-4-12/h3-6,11H,2,7-10H2,1H3,(H,23,24). The second kappa shape index (κ2) is 6.92. The number of nitrogens with zero attached hydrogens (tertiary/aromatic N) is 4. The molecule has 7 heteroatoms. The molecule has 126 valence electrons. The first-order chi connectivity index (χ1) is 11.6. The highest BCUT2D eigenvalue weighted by Crippen LogP contribution is 2.23. The molecule has 1 fully saturated rings. The first-order valence-corrected chi connectivity index (χ1v) is 7.92. The van der Waals surface area contributed by atoms with Crippen molar-refractivity contribution in [3.8, 4) is 11.4 Å². The Hall–Kier alpha value is -2.54. The Balaban J connectivity index is 1.95. The van der Waals surface area contributed by atoms with Crippen LogP contribution in [-0.4, -0.2) is 58.7 Å². The van der Waals surface area contributed by atoms with Crippen LogP contribution in [-0.2, 0) is 0 Å². The van der Waals surface area contributed by atoms with Crippen LogP contribution in [0.3, 0.4) is 0 Å². The number of anilines is 1. The lowest BCUT2D eigenvalue weighted by molar-refractivity contribution is 0.0696. The molecule has 1 N–H and O–H groups in total. The highest BCUT2D eigenvalue weighted by Gasteiger charge is 2.23. The van der Waals surface area contributed by atoms with E-state index < -0.39 is 5.97 Å². The van der Waals surface area contributed by atoms with E-state index in [0.29, 0.717) is 30.3 Å². The van der Waals surface area contributed by atoms with E-state index in [1.54, 1.807) is 12.1 Å². The van der Waals surface area contributed by atoms with Crippen LogP contribution in [0, 0.1) is 5.82 Å². The molecule has 1 aromatic heterocycles. The smallest absolute Gasteiger partial charge is 0.341 e. The van der Waals surface area contributed by atoms with Crippen LogP contribution in [0.15, 0.2) is 30.5 Å². The van der Waals surface area contributed by atoms with Gasteiger partial charge in [-0.25, -0.2) is 19.2 Å². The molecular formula is C17H19FN4O2. The third-order valence-electron chi connectivity index (χ3n) is 4.22. The van der Waals surface area contributed by atoms with E-state index in [9.17, 15) is 14.3 Å². The summed E-state index contributed by atoms with van der Waals surface area (Å²) in [6, 6.07) is 5.85. The Labute approximate surface area is 139 Å². The Kier molecular flexibility index (Phi) is 4.71. The zero-order chi connectivity index (χ0) is 17.1. The van der Waals surface area contributed by atoms with Gasteiger partial charge in [-0.15, -0.1) is 0 Å². The second-order valence-electron chi connectivity index (χ2n) is 5.66. The van der Waals surface area contributed by atoms with Crippen molar-refractivity contribution in [2.75, 3.05) is 37.6 Å². The minimum absolute atomic E-state index is 0.0887. The first-order valence-electron chi connectivity index (χ1n) is 7.92. The Morgan fingerprint density at radius 2 is 1.88 bits per heavy atom. The summed E-state index contributed by atoms with van der Waals surface area (Å²) >= 11 is 0. The van der Waals surface area contributed by atoms with Gasteiger partial charge in [-0.05, 0) is 30.8 Å². The van der Waals surface area contributed by atoms with Gasteiger partial charge in [0.25, 0.3) is 0 Å². The summed E-state index contributed by atoms with van der Waals surface area (Å²) in [5.74, 6) is -0.564. The summed E-state index contributed by atoms with van der Waals surface area (Å²) in [6.45, 7) is 6.25. The number of aromatic nitrogens is 2. The van der Waals surface area contributed by atoms with Gasteiger partial charge in [0.15, 0.2) is 5.82 Å². The quantitative estimate of drug-likeness (QED) is 0.926. The molecule has 0 spiro atoms. The molecule has 1 aliphatic heterocycles. The maximum Gasteiger partial charge on any atom is 0.341 e. The first kappa shape index (κ1) is 16.3. The van der Waals surface area contributed by atoms with Gasteiger partial charge in [-0.3, -0.25) is 0 Å². The molecule has 0 atom stereocenters. The minimum atomic E-state index is -1.05. The molecule has 0 unspecified atom stereocenters. The van der Waals surface area contributed by atoms with E-state index in [1.807, 2.05) is 4.90 Å². The van der Waals surface area contributed by atoms with Crippen molar-refractivity contribution in [3.05, 3.63) is 41.8 Å². The number of likely N-dealkylation sites (N-methyl/N-ethyl adjacent to an activating group) is 1. The predicted molar refractivity (Wildman–Crippen MR) is 88.7 cm³/mol. The number of carboxylic acid groups (broad SMARTS) is 1. The van der Waals surface area contributed by atoms with Crippen LogP contribution in [0.2, 0.25) is 0 Å². The molecule has 0 bridgehead atoms. The van der Waals surface area contributed by atoms with Crippen molar-refractivity contribution in [2.24, 2.45) is 0 Å². The van der Waals surface area contributed by atoms with Gasteiger partial charge in [0.1, 0.15) is 17.2 Å². The average molecular weight is 330 g/mol. The highest BCUT2D eigenvalue weighted by atomic mass is 19.1. The van der Waals surface area contributed by atoms with Crippen LogP contribution in [0.4, 0.5) is 10.2 Å². The lowest BCUT2D eigenvalue weighted by Gasteiger charge is -2.35. The highest BCUT2D eigenvalue weighted by molar-refractivity contribution is 5.93. The van der Waals surface area contributed by atoms with Crippen LogP contribution in [0.25, 0.3) is 11.4 Å². The molecule has 0 aliphatic carbocycles. The van der Waals surface area contributed by atoms with Crippen LogP contribution >= 0.6 is 0 Å². The second-order valence-corrected chi connectivity index (χ2v) is 5.66. The number of carboxylic acids is 1. The summed E-state index contributed by atoms with van der Waals surface area (Å²) in [6.07, 6.45) is 1.33. The van der Waals surface area contributed by atoms with E-state index in [0.717, 1.165) is 19.6 Å². The number of carbonyl (C=O) groups is 1. The van der Waals surface area contributed by atoms with Crippen LogP contribution in [0.5, 0.6) is 0 Å². The molecule has 0 radical (unpaired) electrons. The largest absolute Gasteiger partial charge is 0.477 e. The Morgan fingerprint density at radius 3 is 2.46 bits per heavy atom. The molecule has 2 aromatic rings. The molecule has 3 rings (SSSR count). The van der Waals surface area contributed by atoms with Gasteiger partial charge in [0, 0.05) is 37.9 Å². The van der Waals surface area contributed by atoms with Crippen molar-refractivity contribution in [1.29, 1.82) is 0 Å². The Morgan fingerprint density at radius 1 is 1.21 bits per heavy atom. The van der Waals surface area contributed by atoms with Crippen LogP contribution in [0.1, 0.15) is 17.3 Å². The van der Waals surface area contributed by atoms with E-state index in [4.69, 9.17) is 0 Å². The maximum absolute atomic E-state index is 13.1. The van der Waals surface area contributed by atoms with Crippen molar-refractivity contribution in [2.45, 2.75) is 6.92 Å². The number of halogens is 1. The maximum atomic E-state index is 13.1. The van der Waals surface area contributed by atoms with Gasteiger partial charge in [-0.2, -0.15) is 0 Å². The third kappa shape index (κ3) is 3.35. The molecule has 2 heterocycles. The zero-order valence-corrected chi connectivity index (χ0v) is 13.4. The van der Waals surface area contributed by atoms with E-state index >= 15 is 0 Å². The summed E-state index contributed by atoms with van der Waals surface area (Å²) in [4.78, 5) is 24.4. The number of rotatable bonds is 4. The predicted octanol–water partition coefficient (Wildman–Crippen LogP) is 2.12. The van der Waals surface area contributed by atoms with Crippen molar-refractivity contribution >= 4 is 11.8 Å².